The van der Waals surface area contributed by atoms with Crippen LogP contribution in [0.15, 0.2) is 47.6 Å². The zero-order chi connectivity index (χ0) is 27.5. The topological polar surface area (TPSA) is 112 Å². The van der Waals surface area contributed by atoms with Crippen LogP contribution in [-0.4, -0.2) is 71.5 Å². The maximum absolute atomic E-state index is 13.1. The van der Waals surface area contributed by atoms with Gasteiger partial charge in [0.1, 0.15) is 18.3 Å². The molecule has 0 aromatic carbocycles. The van der Waals surface area contributed by atoms with Crippen molar-refractivity contribution in [3.63, 3.8) is 0 Å². The molecule has 0 amide bonds. The number of ether oxygens (including phenoxy) is 4. The molecule has 0 unspecified atom stereocenters. The quantitative estimate of drug-likeness (QED) is 0.423. The Kier molecular flexibility index (Phi) is 7.22. The average Bonchev–Trinajstić information content (AvgIpc) is 3.49. The lowest BCUT2D eigenvalue weighted by molar-refractivity contribution is -0.174. The van der Waals surface area contributed by atoms with E-state index in [9.17, 15) is 19.8 Å². The summed E-state index contributed by atoms with van der Waals surface area (Å²) in [5, 5.41) is 22.3. The molecular formula is C30H40O8. The van der Waals surface area contributed by atoms with Gasteiger partial charge in [0.15, 0.2) is 6.10 Å². The van der Waals surface area contributed by atoms with Crippen molar-refractivity contribution in [2.75, 3.05) is 7.11 Å². The van der Waals surface area contributed by atoms with Crippen LogP contribution in [-0.2, 0) is 28.5 Å². The Balaban J connectivity index is 1.59. The van der Waals surface area contributed by atoms with Crippen molar-refractivity contribution in [3.05, 3.63) is 47.6 Å². The van der Waals surface area contributed by atoms with E-state index in [2.05, 4.69) is 6.58 Å². The van der Waals surface area contributed by atoms with Gasteiger partial charge in [0.2, 0.25) is 0 Å². The summed E-state index contributed by atoms with van der Waals surface area (Å²) >= 11 is 0. The Labute approximate surface area is 224 Å². The number of esters is 2. The molecule has 8 nitrogen and oxygen atoms in total. The van der Waals surface area contributed by atoms with E-state index in [1.165, 1.54) is 7.11 Å². The second-order valence-corrected chi connectivity index (χ2v) is 11.8. The summed E-state index contributed by atoms with van der Waals surface area (Å²) in [6.07, 6.45) is 4.46. The van der Waals surface area contributed by atoms with Crippen LogP contribution >= 0.6 is 0 Å². The van der Waals surface area contributed by atoms with Gasteiger partial charge in [0, 0.05) is 36.4 Å². The van der Waals surface area contributed by atoms with Gasteiger partial charge in [-0.25, -0.2) is 9.59 Å². The maximum atomic E-state index is 13.1. The number of cyclic esters (lactones) is 1. The van der Waals surface area contributed by atoms with Crippen molar-refractivity contribution in [1.82, 2.24) is 0 Å². The van der Waals surface area contributed by atoms with Gasteiger partial charge in [0.05, 0.1) is 17.8 Å². The SMILES string of the molecule is C=C1C[C@@H]2C[C@H](OC)C(=O)O[C@H]([C@@H](C)O)[C@H](C)/C=C(\C)[C@]23O[C@H]2[C@H](OC(=O)C4=CC=CC4)[C@H](C)[C@@H](O)[C@@H]3[C@@H]12. The number of aliphatic hydroxyl groups excluding tert-OH is 2. The zero-order valence-corrected chi connectivity index (χ0v) is 22.8. The van der Waals surface area contributed by atoms with Crippen molar-refractivity contribution in [2.24, 2.45) is 29.6 Å². The van der Waals surface area contributed by atoms with E-state index in [0.717, 1.165) is 11.1 Å². The lowest BCUT2D eigenvalue weighted by Crippen LogP contribution is -2.59. The van der Waals surface area contributed by atoms with Crippen LogP contribution in [0.5, 0.6) is 0 Å². The van der Waals surface area contributed by atoms with Crippen LogP contribution < -0.4 is 0 Å². The highest BCUT2D eigenvalue weighted by Crippen LogP contribution is 2.64. The fraction of sp³-hybridized carbons (Fsp3) is 0.667. The van der Waals surface area contributed by atoms with E-state index in [1.54, 1.807) is 13.0 Å². The second-order valence-electron chi connectivity index (χ2n) is 11.8. The molecule has 1 spiro atoms. The molecule has 5 aliphatic rings. The summed E-state index contributed by atoms with van der Waals surface area (Å²) in [4.78, 5) is 26.2. The fourth-order valence-electron chi connectivity index (χ4n) is 7.80. The third-order valence-corrected chi connectivity index (χ3v) is 9.60. The first-order valence-electron chi connectivity index (χ1n) is 13.7. The maximum Gasteiger partial charge on any atom is 0.335 e. The Morgan fingerprint density at radius 2 is 2.05 bits per heavy atom. The van der Waals surface area contributed by atoms with Crippen molar-refractivity contribution in [1.29, 1.82) is 0 Å². The van der Waals surface area contributed by atoms with Gasteiger partial charge in [-0.2, -0.15) is 0 Å². The summed E-state index contributed by atoms with van der Waals surface area (Å²) < 4.78 is 24.4. The largest absolute Gasteiger partial charge is 0.457 e. The number of carbonyl (C=O) groups is 2. The molecule has 8 heteroatoms. The Bertz CT molecular complexity index is 1090. The van der Waals surface area contributed by atoms with Crippen molar-refractivity contribution >= 4 is 11.9 Å². The summed E-state index contributed by atoms with van der Waals surface area (Å²) in [5.41, 5.74) is 1.51. The molecule has 3 aliphatic carbocycles. The van der Waals surface area contributed by atoms with Gasteiger partial charge in [-0.15, -0.1) is 0 Å². The summed E-state index contributed by atoms with van der Waals surface area (Å²) in [5.74, 6) is -2.34. The van der Waals surface area contributed by atoms with Crippen LogP contribution in [0.4, 0.5) is 0 Å². The Hall–Kier alpha value is -2.26. The molecule has 38 heavy (non-hydrogen) atoms. The number of methoxy groups -OCH3 is 1. The van der Waals surface area contributed by atoms with Crippen LogP contribution in [0.1, 0.15) is 47.0 Å². The monoisotopic (exact) mass is 528 g/mol. The molecule has 4 bridgehead atoms. The van der Waals surface area contributed by atoms with Gasteiger partial charge in [-0.3, -0.25) is 0 Å². The third kappa shape index (κ3) is 4.12. The molecular weight excluding hydrogens is 488 g/mol. The molecule has 0 aromatic rings. The third-order valence-electron chi connectivity index (χ3n) is 9.60. The average molecular weight is 529 g/mol. The van der Waals surface area contributed by atoms with Crippen LogP contribution in [0.2, 0.25) is 0 Å². The number of hydrogen-bond acceptors (Lipinski definition) is 8. The van der Waals surface area contributed by atoms with Gasteiger partial charge >= 0.3 is 11.9 Å². The number of hydrogen-bond donors (Lipinski definition) is 2. The van der Waals surface area contributed by atoms with Gasteiger partial charge in [-0.05, 0) is 44.6 Å². The minimum atomic E-state index is -0.911. The van der Waals surface area contributed by atoms with E-state index < -0.39 is 54.2 Å². The fourth-order valence-corrected chi connectivity index (χ4v) is 7.80. The Morgan fingerprint density at radius 3 is 2.68 bits per heavy atom. The summed E-state index contributed by atoms with van der Waals surface area (Å²) in [7, 11) is 1.47. The number of carbonyl (C=O) groups excluding carboxylic acids is 2. The van der Waals surface area contributed by atoms with E-state index in [0.29, 0.717) is 24.8 Å². The number of aliphatic hydroxyl groups is 2. The molecule has 208 valence electrons. The molecule has 2 saturated carbocycles. The van der Waals surface area contributed by atoms with Crippen LogP contribution in [0.25, 0.3) is 0 Å². The van der Waals surface area contributed by atoms with Crippen molar-refractivity contribution in [3.8, 4) is 0 Å². The first kappa shape index (κ1) is 27.3. The molecule has 1 saturated heterocycles. The number of rotatable bonds is 4. The second kappa shape index (κ2) is 10.0. The first-order valence-corrected chi connectivity index (χ1v) is 13.7. The highest BCUT2D eigenvalue weighted by Gasteiger charge is 2.71. The molecule has 0 aromatic heterocycles. The van der Waals surface area contributed by atoms with Crippen LogP contribution in [0, 0.1) is 29.6 Å². The predicted molar refractivity (Wildman–Crippen MR) is 139 cm³/mol. The van der Waals surface area contributed by atoms with E-state index >= 15 is 0 Å². The van der Waals surface area contributed by atoms with E-state index in [4.69, 9.17) is 18.9 Å². The predicted octanol–water partition coefficient (Wildman–Crippen LogP) is 3.03. The molecule has 2 N–H and O–H groups in total. The van der Waals surface area contributed by atoms with Crippen LogP contribution in [0.3, 0.4) is 0 Å². The molecule has 12 atom stereocenters. The first-order chi connectivity index (χ1) is 18.0. The lowest BCUT2D eigenvalue weighted by atomic mass is 9.53. The molecule has 2 aliphatic heterocycles. The summed E-state index contributed by atoms with van der Waals surface area (Å²) in [6, 6.07) is 0. The number of allylic oxidation sites excluding steroid dienone is 3. The summed E-state index contributed by atoms with van der Waals surface area (Å²) in [6.45, 7) is 11.8. The molecule has 3 fully saturated rings. The van der Waals surface area contributed by atoms with Gasteiger partial charge < -0.3 is 29.2 Å². The zero-order valence-electron chi connectivity index (χ0n) is 22.8. The normalized spacial score (nSPS) is 46.4. The molecule has 0 radical (unpaired) electrons. The van der Waals surface area contributed by atoms with Crippen molar-refractivity contribution in [2.45, 2.75) is 89.2 Å². The van der Waals surface area contributed by atoms with E-state index in [-0.39, 0.29) is 29.6 Å². The minimum absolute atomic E-state index is 0.201. The van der Waals surface area contributed by atoms with Gasteiger partial charge in [0.25, 0.3) is 0 Å². The highest BCUT2D eigenvalue weighted by molar-refractivity contribution is 5.90. The molecule has 2 heterocycles. The Morgan fingerprint density at radius 1 is 1.32 bits per heavy atom. The molecule has 5 rings (SSSR count). The van der Waals surface area contributed by atoms with E-state index in [1.807, 2.05) is 39.0 Å². The standard InChI is InChI=1S/C30H40O8/c1-14-12-20-13-21(35-6)29(34)36-25(18(5)31)15(2)11-16(3)30(20)23-22(14)27(38-30)26(17(4)24(23)32)37-28(33)19-9-7-8-10-19/h7-9,11,15,17-18,20-27,31-32H,1,10,12-13H2,2-6H3/b16-11+/t15-,17-,18-,20-,21+,22-,23+,24-,25+,26-,27-,30+/m1/s1. The lowest BCUT2D eigenvalue weighted by Gasteiger charge is -2.51. The van der Waals surface area contributed by atoms with Crippen molar-refractivity contribution < 1.29 is 38.7 Å². The minimum Gasteiger partial charge on any atom is -0.457 e. The van der Waals surface area contributed by atoms with Gasteiger partial charge in [-0.1, -0.05) is 50.3 Å². The highest BCUT2D eigenvalue weighted by atomic mass is 16.6. The smallest absolute Gasteiger partial charge is 0.335 e.